The van der Waals surface area contributed by atoms with Crippen molar-refractivity contribution in [1.82, 2.24) is 0 Å². The summed E-state index contributed by atoms with van der Waals surface area (Å²) in [4.78, 5) is 0. The molecule has 4 N–H and O–H groups in total. The van der Waals surface area contributed by atoms with Crippen LogP contribution in [0.2, 0.25) is 0 Å². The van der Waals surface area contributed by atoms with E-state index in [1.165, 1.54) is 6.92 Å². The topological polar surface area (TPSA) is 90.2 Å². The quantitative estimate of drug-likeness (QED) is 0.367. The SMILES string of the molecule is CC(O)[C@H]1OC[C@H](O)[C@@H](O)[C@@H]1O. The summed E-state index contributed by atoms with van der Waals surface area (Å²) in [6, 6.07) is 0. The maximum atomic E-state index is 9.28. The Morgan fingerprint density at radius 2 is 1.83 bits per heavy atom. The average molecular weight is 178 g/mol. The first-order chi connectivity index (χ1) is 5.54. The number of aliphatic hydroxyl groups excluding tert-OH is 4. The normalized spacial score (nSPS) is 45.8. The molecule has 0 bridgehead atoms. The third-order valence-electron chi connectivity index (χ3n) is 2.02. The van der Waals surface area contributed by atoms with E-state index in [0.29, 0.717) is 0 Å². The Hall–Kier alpha value is -0.200. The first-order valence-electron chi connectivity index (χ1n) is 3.88. The van der Waals surface area contributed by atoms with Gasteiger partial charge >= 0.3 is 0 Å². The highest BCUT2D eigenvalue weighted by molar-refractivity contribution is 4.88. The highest BCUT2D eigenvalue weighted by Gasteiger charge is 2.39. The van der Waals surface area contributed by atoms with Crippen LogP contribution in [0.5, 0.6) is 0 Å². The zero-order valence-corrected chi connectivity index (χ0v) is 6.79. The Morgan fingerprint density at radius 1 is 1.25 bits per heavy atom. The van der Waals surface area contributed by atoms with Crippen LogP contribution in [-0.2, 0) is 4.74 Å². The van der Waals surface area contributed by atoms with Crippen LogP contribution in [0.3, 0.4) is 0 Å². The van der Waals surface area contributed by atoms with Crippen LogP contribution in [0, 0.1) is 0 Å². The number of hydrogen-bond acceptors (Lipinski definition) is 5. The molecule has 1 unspecified atom stereocenters. The van der Waals surface area contributed by atoms with E-state index in [4.69, 9.17) is 14.9 Å². The summed E-state index contributed by atoms with van der Waals surface area (Å²) < 4.78 is 4.92. The lowest BCUT2D eigenvalue weighted by Crippen LogP contribution is -2.56. The van der Waals surface area contributed by atoms with Crippen LogP contribution in [0.25, 0.3) is 0 Å². The van der Waals surface area contributed by atoms with E-state index >= 15 is 0 Å². The molecule has 72 valence electrons. The Labute approximate surface area is 70.2 Å². The molecule has 0 radical (unpaired) electrons. The van der Waals surface area contributed by atoms with Crippen LogP contribution in [-0.4, -0.2) is 57.6 Å². The largest absolute Gasteiger partial charge is 0.391 e. The third-order valence-corrected chi connectivity index (χ3v) is 2.02. The molecule has 1 aliphatic heterocycles. The molecule has 0 saturated carbocycles. The fourth-order valence-electron chi connectivity index (χ4n) is 1.25. The summed E-state index contributed by atoms with van der Waals surface area (Å²) in [6.07, 6.45) is -5.22. The monoisotopic (exact) mass is 178 g/mol. The van der Waals surface area contributed by atoms with Crippen LogP contribution in [0.4, 0.5) is 0 Å². The standard InChI is InChI=1S/C7H14O5/c1-3(8)7-6(11)5(10)4(9)2-12-7/h3-11H,2H2,1H3/t3?,4-,5+,6-,7+/m0/s1. The van der Waals surface area contributed by atoms with E-state index in [0.717, 1.165) is 0 Å². The van der Waals surface area contributed by atoms with Crippen molar-refractivity contribution in [3.8, 4) is 0 Å². The van der Waals surface area contributed by atoms with Crippen LogP contribution < -0.4 is 0 Å². The van der Waals surface area contributed by atoms with Gasteiger partial charge in [0, 0.05) is 0 Å². The molecule has 1 fully saturated rings. The van der Waals surface area contributed by atoms with Gasteiger partial charge in [0.25, 0.3) is 0 Å². The van der Waals surface area contributed by atoms with E-state index in [2.05, 4.69) is 0 Å². The molecule has 0 aromatic heterocycles. The third kappa shape index (κ3) is 1.75. The van der Waals surface area contributed by atoms with E-state index in [-0.39, 0.29) is 6.61 Å². The second kappa shape index (κ2) is 3.68. The first kappa shape index (κ1) is 9.88. The molecule has 12 heavy (non-hydrogen) atoms. The molecule has 0 aliphatic carbocycles. The molecule has 5 nitrogen and oxygen atoms in total. The second-order valence-electron chi connectivity index (χ2n) is 3.09. The van der Waals surface area contributed by atoms with Gasteiger partial charge in [-0.1, -0.05) is 0 Å². The minimum atomic E-state index is -1.24. The van der Waals surface area contributed by atoms with Crippen LogP contribution in [0.1, 0.15) is 6.92 Å². The molecule has 1 rings (SSSR count). The van der Waals surface area contributed by atoms with Gasteiger partial charge in [0.05, 0.1) is 12.7 Å². The highest BCUT2D eigenvalue weighted by atomic mass is 16.5. The van der Waals surface area contributed by atoms with Crippen molar-refractivity contribution in [3.05, 3.63) is 0 Å². The van der Waals surface area contributed by atoms with Gasteiger partial charge < -0.3 is 25.2 Å². The lowest BCUT2D eigenvalue weighted by atomic mass is 9.97. The van der Waals surface area contributed by atoms with Crippen molar-refractivity contribution in [2.45, 2.75) is 37.4 Å². The summed E-state index contributed by atoms with van der Waals surface area (Å²) in [5.74, 6) is 0. The van der Waals surface area contributed by atoms with E-state index in [9.17, 15) is 10.2 Å². The Kier molecular flexibility index (Phi) is 3.03. The molecular weight excluding hydrogens is 164 g/mol. The molecule has 0 spiro atoms. The summed E-state index contributed by atoms with van der Waals surface area (Å²) >= 11 is 0. The van der Waals surface area contributed by atoms with Crippen LogP contribution in [0.15, 0.2) is 0 Å². The minimum Gasteiger partial charge on any atom is -0.391 e. The Morgan fingerprint density at radius 3 is 2.33 bits per heavy atom. The zero-order chi connectivity index (χ0) is 9.30. The van der Waals surface area contributed by atoms with E-state index < -0.39 is 30.5 Å². The number of aliphatic hydroxyl groups is 4. The lowest BCUT2D eigenvalue weighted by molar-refractivity contribution is -0.208. The van der Waals surface area contributed by atoms with Gasteiger partial charge in [-0.25, -0.2) is 0 Å². The second-order valence-corrected chi connectivity index (χ2v) is 3.09. The van der Waals surface area contributed by atoms with Crippen molar-refractivity contribution in [1.29, 1.82) is 0 Å². The highest BCUT2D eigenvalue weighted by Crippen LogP contribution is 2.17. The number of hydrogen-bond donors (Lipinski definition) is 4. The van der Waals surface area contributed by atoms with Gasteiger partial charge in [0.1, 0.15) is 24.4 Å². The van der Waals surface area contributed by atoms with Gasteiger partial charge in [-0.2, -0.15) is 0 Å². The summed E-state index contributed by atoms with van der Waals surface area (Å²) in [5, 5.41) is 36.6. The van der Waals surface area contributed by atoms with Gasteiger partial charge in [-0.15, -0.1) is 0 Å². The summed E-state index contributed by atoms with van der Waals surface area (Å²) in [7, 11) is 0. The molecular formula is C7H14O5. The van der Waals surface area contributed by atoms with Crippen molar-refractivity contribution < 1.29 is 25.2 Å². The van der Waals surface area contributed by atoms with Crippen LogP contribution >= 0.6 is 0 Å². The molecule has 5 atom stereocenters. The summed E-state index contributed by atoms with van der Waals surface area (Å²) in [5.41, 5.74) is 0. The lowest BCUT2D eigenvalue weighted by Gasteiger charge is -2.36. The van der Waals surface area contributed by atoms with Gasteiger partial charge in [-0.3, -0.25) is 0 Å². The van der Waals surface area contributed by atoms with Crippen molar-refractivity contribution in [3.63, 3.8) is 0 Å². The predicted molar refractivity (Wildman–Crippen MR) is 39.4 cm³/mol. The fraction of sp³-hybridized carbons (Fsp3) is 1.00. The van der Waals surface area contributed by atoms with E-state index in [1.807, 2.05) is 0 Å². The molecule has 0 aromatic rings. The van der Waals surface area contributed by atoms with Crippen molar-refractivity contribution in [2.75, 3.05) is 6.61 Å². The molecule has 1 heterocycles. The molecule has 0 amide bonds. The maximum absolute atomic E-state index is 9.28. The van der Waals surface area contributed by atoms with Crippen molar-refractivity contribution >= 4 is 0 Å². The first-order valence-corrected chi connectivity index (χ1v) is 3.88. The average Bonchev–Trinajstić information content (AvgIpc) is 2.00. The number of rotatable bonds is 1. The van der Waals surface area contributed by atoms with Crippen molar-refractivity contribution in [2.24, 2.45) is 0 Å². The number of ether oxygens (including phenoxy) is 1. The smallest absolute Gasteiger partial charge is 0.112 e. The molecule has 0 aromatic carbocycles. The molecule has 1 saturated heterocycles. The Balaban J connectivity index is 2.58. The Bertz CT molecular complexity index is 149. The molecule has 5 heteroatoms. The minimum absolute atomic E-state index is 0.0617. The predicted octanol–water partition coefficient (Wildman–Crippen LogP) is -2.15. The molecule has 1 aliphatic rings. The van der Waals surface area contributed by atoms with Gasteiger partial charge in [0.15, 0.2) is 0 Å². The van der Waals surface area contributed by atoms with Gasteiger partial charge in [0.2, 0.25) is 0 Å². The fourth-order valence-corrected chi connectivity index (χ4v) is 1.25. The zero-order valence-electron chi connectivity index (χ0n) is 6.79. The maximum Gasteiger partial charge on any atom is 0.112 e. The van der Waals surface area contributed by atoms with E-state index in [1.54, 1.807) is 0 Å². The van der Waals surface area contributed by atoms with Gasteiger partial charge in [-0.05, 0) is 6.92 Å². The summed E-state index contributed by atoms with van der Waals surface area (Å²) in [6.45, 7) is 1.39.